The predicted octanol–water partition coefficient (Wildman–Crippen LogP) is 3.23. The van der Waals surface area contributed by atoms with Gasteiger partial charge in [-0.05, 0) is 43.2 Å². The maximum Gasteiger partial charge on any atom is 0.286 e. The molecule has 3 aromatic rings. The molecular formula is C22H18N4O6S. The Hall–Kier alpha value is -3.86. The number of anilines is 1. The van der Waals surface area contributed by atoms with E-state index in [1.807, 2.05) is 0 Å². The first-order chi connectivity index (χ1) is 16.2. The molecule has 1 unspecified atom stereocenters. The lowest BCUT2D eigenvalue weighted by Crippen LogP contribution is -2.30. The summed E-state index contributed by atoms with van der Waals surface area (Å²) < 4.78 is 21.3. The molecule has 10 nitrogen and oxygen atoms in total. The molecule has 3 aliphatic heterocycles. The van der Waals surface area contributed by atoms with E-state index in [9.17, 15) is 9.59 Å². The highest BCUT2D eigenvalue weighted by Crippen LogP contribution is 2.38. The Kier molecular flexibility index (Phi) is 4.75. The van der Waals surface area contributed by atoms with Crippen LogP contribution in [0.5, 0.6) is 23.0 Å². The van der Waals surface area contributed by atoms with Crippen molar-refractivity contribution in [1.29, 1.82) is 0 Å². The quantitative estimate of drug-likeness (QED) is 0.624. The maximum atomic E-state index is 13.2. The zero-order chi connectivity index (χ0) is 22.4. The third-order valence-electron chi connectivity index (χ3n) is 5.68. The lowest BCUT2D eigenvalue weighted by Gasteiger charge is -2.22. The maximum absolute atomic E-state index is 13.2. The van der Waals surface area contributed by atoms with E-state index in [0.717, 1.165) is 12.8 Å². The van der Waals surface area contributed by atoms with Crippen LogP contribution in [0.25, 0.3) is 0 Å². The second-order valence-corrected chi connectivity index (χ2v) is 8.70. The molecule has 0 radical (unpaired) electrons. The van der Waals surface area contributed by atoms with Crippen molar-refractivity contribution in [3.63, 3.8) is 0 Å². The number of hydrogen-bond donors (Lipinski definition) is 1. The summed E-state index contributed by atoms with van der Waals surface area (Å²) in [5.74, 6) is 1.93. The van der Waals surface area contributed by atoms with E-state index in [1.165, 1.54) is 11.3 Å². The normalized spacial score (nSPS) is 17.9. The SMILES string of the molecule is O=C(Nc1ccc2c(c1)OCO2)c1nnc(C2CCCN2C(=O)c2ccc3c(c2)OCO3)s1. The standard InChI is InChI=1S/C22H18N4O6S/c27-19(23-13-4-6-16-18(9-13)32-11-30-16)21-25-24-20(33-21)14-2-1-7-26(14)22(28)12-3-5-15-17(8-12)31-10-29-15/h3-6,8-9,14H,1-2,7,10-11H2,(H,23,27). The third kappa shape index (κ3) is 3.59. The summed E-state index contributed by atoms with van der Waals surface area (Å²) in [6.45, 7) is 0.923. The van der Waals surface area contributed by atoms with Gasteiger partial charge in [0.05, 0.1) is 6.04 Å². The molecule has 0 aliphatic carbocycles. The first-order valence-corrected chi connectivity index (χ1v) is 11.2. The number of rotatable bonds is 4. The molecule has 1 aromatic heterocycles. The minimum absolute atomic E-state index is 0.114. The molecule has 0 saturated carbocycles. The second kappa shape index (κ2) is 7.93. The molecule has 6 rings (SSSR count). The molecule has 33 heavy (non-hydrogen) atoms. The molecule has 0 bridgehead atoms. The first kappa shape index (κ1) is 19.8. The molecule has 1 saturated heterocycles. The topological polar surface area (TPSA) is 112 Å². The van der Waals surface area contributed by atoms with Crippen LogP contribution in [0.15, 0.2) is 36.4 Å². The van der Waals surface area contributed by atoms with E-state index in [4.69, 9.17) is 18.9 Å². The van der Waals surface area contributed by atoms with Gasteiger partial charge >= 0.3 is 0 Å². The van der Waals surface area contributed by atoms with Crippen LogP contribution in [0, 0.1) is 0 Å². The van der Waals surface area contributed by atoms with Crippen LogP contribution in [-0.4, -0.2) is 47.0 Å². The van der Waals surface area contributed by atoms with Crippen molar-refractivity contribution in [3.05, 3.63) is 52.0 Å². The molecule has 3 aliphatic rings. The summed E-state index contributed by atoms with van der Waals surface area (Å²) in [6, 6.07) is 10.1. The zero-order valence-electron chi connectivity index (χ0n) is 17.3. The summed E-state index contributed by atoms with van der Waals surface area (Å²) in [5.41, 5.74) is 1.10. The molecule has 0 spiro atoms. The van der Waals surface area contributed by atoms with Crippen molar-refractivity contribution < 1.29 is 28.5 Å². The van der Waals surface area contributed by atoms with E-state index in [1.54, 1.807) is 41.3 Å². The van der Waals surface area contributed by atoms with Crippen molar-refractivity contribution >= 4 is 28.8 Å². The minimum Gasteiger partial charge on any atom is -0.454 e. The number of nitrogens with one attached hydrogen (secondary N) is 1. The Labute approximate surface area is 192 Å². The fraction of sp³-hybridized carbons (Fsp3) is 0.273. The summed E-state index contributed by atoms with van der Waals surface area (Å²) in [7, 11) is 0. The molecule has 2 amide bonds. The number of carbonyl (C=O) groups is 2. The Morgan fingerprint density at radius 1 is 0.939 bits per heavy atom. The minimum atomic E-state index is -0.371. The average Bonchev–Trinajstić information content (AvgIpc) is 3.63. The van der Waals surface area contributed by atoms with Crippen molar-refractivity contribution in [1.82, 2.24) is 15.1 Å². The van der Waals surface area contributed by atoms with Gasteiger partial charge in [-0.1, -0.05) is 11.3 Å². The van der Waals surface area contributed by atoms with Crippen LogP contribution in [0.2, 0.25) is 0 Å². The van der Waals surface area contributed by atoms with Gasteiger partial charge in [-0.2, -0.15) is 0 Å². The fourth-order valence-electron chi connectivity index (χ4n) is 4.08. The lowest BCUT2D eigenvalue weighted by atomic mass is 10.1. The Bertz CT molecular complexity index is 1260. The van der Waals surface area contributed by atoms with Crippen molar-refractivity contribution in [3.8, 4) is 23.0 Å². The van der Waals surface area contributed by atoms with E-state index < -0.39 is 0 Å². The van der Waals surface area contributed by atoms with Crippen LogP contribution in [-0.2, 0) is 0 Å². The lowest BCUT2D eigenvalue weighted by molar-refractivity contribution is 0.0734. The third-order valence-corrected chi connectivity index (χ3v) is 6.71. The molecule has 1 fully saturated rings. The Balaban J connectivity index is 1.18. The van der Waals surface area contributed by atoms with Gasteiger partial charge in [-0.25, -0.2) is 0 Å². The number of carbonyl (C=O) groups excluding carboxylic acids is 2. The summed E-state index contributed by atoms with van der Waals surface area (Å²) in [6.07, 6.45) is 1.61. The van der Waals surface area contributed by atoms with Crippen LogP contribution in [0.1, 0.15) is 44.1 Å². The van der Waals surface area contributed by atoms with Gasteiger partial charge in [0.1, 0.15) is 5.01 Å². The summed E-state index contributed by atoms with van der Waals surface area (Å²) in [4.78, 5) is 27.7. The van der Waals surface area contributed by atoms with Crippen LogP contribution >= 0.6 is 11.3 Å². The second-order valence-electron chi connectivity index (χ2n) is 7.69. The molecule has 11 heteroatoms. The highest BCUT2D eigenvalue weighted by Gasteiger charge is 2.34. The van der Waals surface area contributed by atoms with E-state index in [2.05, 4.69) is 15.5 Å². The first-order valence-electron chi connectivity index (χ1n) is 10.4. The van der Waals surface area contributed by atoms with Gasteiger partial charge in [-0.15, -0.1) is 10.2 Å². The molecule has 1 atom stereocenters. The van der Waals surface area contributed by atoms with Gasteiger partial charge < -0.3 is 29.2 Å². The number of likely N-dealkylation sites (tertiary alicyclic amines) is 1. The van der Waals surface area contributed by atoms with E-state index in [0.29, 0.717) is 45.8 Å². The van der Waals surface area contributed by atoms with Crippen LogP contribution in [0.4, 0.5) is 5.69 Å². The number of aromatic nitrogens is 2. The predicted molar refractivity (Wildman–Crippen MR) is 116 cm³/mol. The highest BCUT2D eigenvalue weighted by molar-refractivity contribution is 7.13. The Morgan fingerprint density at radius 2 is 1.67 bits per heavy atom. The van der Waals surface area contributed by atoms with E-state index in [-0.39, 0.29) is 36.4 Å². The smallest absolute Gasteiger partial charge is 0.286 e. The van der Waals surface area contributed by atoms with Gasteiger partial charge in [0.2, 0.25) is 18.6 Å². The number of hydrogen-bond acceptors (Lipinski definition) is 9. The summed E-state index contributed by atoms with van der Waals surface area (Å²) in [5, 5.41) is 12.0. The highest BCUT2D eigenvalue weighted by atomic mass is 32.1. The van der Waals surface area contributed by atoms with Crippen LogP contribution < -0.4 is 24.3 Å². The number of benzene rings is 2. The monoisotopic (exact) mass is 466 g/mol. The number of nitrogens with zero attached hydrogens (tertiary/aromatic N) is 3. The number of fused-ring (bicyclic) bond motifs is 2. The summed E-state index contributed by atoms with van der Waals surface area (Å²) >= 11 is 1.19. The van der Waals surface area contributed by atoms with Crippen molar-refractivity contribution in [2.24, 2.45) is 0 Å². The average molecular weight is 466 g/mol. The van der Waals surface area contributed by atoms with Crippen molar-refractivity contribution in [2.45, 2.75) is 18.9 Å². The molecular weight excluding hydrogens is 448 g/mol. The number of ether oxygens (including phenoxy) is 4. The van der Waals surface area contributed by atoms with Gasteiger partial charge in [0, 0.05) is 23.9 Å². The molecule has 4 heterocycles. The number of amides is 2. The fourth-order valence-corrected chi connectivity index (χ4v) is 4.97. The molecule has 2 aromatic carbocycles. The van der Waals surface area contributed by atoms with Gasteiger partial charge in [-0.3, -0.25) is 9.59 Å². The molecule has 168 valence electrons. The van der Waals surface area contributed by atoms with Crippen molar-refractivity contribution in [2.75, 3.05) is 25.4 Å². The molecule has 1 N–H and O–H groups in total. The van der Waals surface area contributed by atoms with Gasteiger partial charge in [0.25, 0.3) is 11.8 Å². The van der Waals surface area contributed by atoms with E-state index >= 15 is 0 Å². The largest absolute Gasteiger partial charge is 0.454 e. The Morgan fingerprint density at radius 3 is 2.48 bits per heavy atom. The van der Waals surface area contributed by atoms with Gasteiger partial charge in [0.15, 0.2) is 23.0 Å². The zero-order valence-corrected chi connectivity index (χ0v) is 18.1. The van der Waals surface area contributed by atoms with Crippen LogP contribution in [0.3, 0.4) is 0 Å².